The molecule has 1 saturated heterocycles. The zero-order chi connectivity index (χ0) is 11.6. The molecule has 0 aromatic heterocycles. The third kappa shape index (κ3) is 7.26. The van der Waals surface area contributed by atoms with Crippen LogP contribution in [0.3, 0.4) is 0 Å². The van der Waals surface area contributed by atoms with Gasteiger partial charge in [-0.3, -0.25) is 0 Å². The van der Waals surface area contributed by atoms with Gasteiger partial charge in [0.2, 0.25) is 0 Å². The molecule has 1 aromatic rings. The van der Waals surface area contributed by atoms with Gasteiger partial charge in [-0.2, -0.15) is 0 Å². The molecule has 1 aliphatic rings. The zero-order valence-electron chi connectivity index (χ0n) is 9.76. The fourth-order valence-corrected chi connectivity index (χ4v) is 1.05. The summed E-state index contributed by atoms with van der Waals surface area (Å²) in [5.41, 5.74) is 0. The Bertz CT molecular complexity index is 257. The van der Waals surface area contributed by atoms with E-state index in [4.69, 9.17) is 14.6 Å². The normalized spacial score (nSPS) is 17.4. The molecule has 0 aliphatic carbocycles. The molecule has 3 heteroatoms. The molecule has 90 valence electrons. The van der Waals surface area contributed by atoms with Crippen molar-refractivity contribution in [1.82, 2.24) is 0 Å². The maximum Gasteiger partial charge on any atom is 0.115 e. The van der Waals surface area contributed by atoms with Gasteiger partial charge in [-0.25, -0.2) is 0 Å². The molecule has 0 amide bonds. The number of benzene rings is 1. The lowest BCUT2D eigenvalue weighted by atomic mass is 10.3. The molecule has 1 atom stereocenters. The second-order valence-electron chi connectivity index (χ2n) is 3.72. The van der Waals surface area contributed by atoms with Gasteiger partial charge >= 0.3 is 0 Å². The van der Waals surface area contributed by atoms with Crippen molar-refractivity contribution in [2.45, 2.75) is 25.9 Å². The topological polar surface area (TPSA) is 42.0 Å². The van der Waals surface area contributed by atoms with Crippen LogP contribution in [0.5, 0.6) is 5.75 Å². The molecule has 0 bridgehead atoms. The van der Waals surface area contributed by atoms with E-state index in [9.17, 15) is 0 Å². The van der Waals surface area contributed by atoms with E-state index in [1.807, 2.05) is 6.07 Å². The van der Waals surface area contributed by atoms with Crippen molar-refractivity contribution < 1.29 is 14.6 Å². The minimum Gasteiger partial charge on any atom is -0.508 e. The van der Waals surface area contributed by atoms with Gasteiger partial charge in [0.15, 0.2) is 0 Å². The van der Waals surface area contributed by atoms with Gasteiger partial charge in [0.1, 0.15) is 11.9 Å². The Balaban J connectivity index is 0.000000165. The summed E-state index contributed by atoms with van der Waals surface area (Å²) in [7, 11) is 0. The summed E-state index contributed by atoms with van der Waals surface area (Å²) in [4.78, 5) is 0. The molecular weight excluding hydrogens is 204 g/mol. The van der Waals surface area contributed by atoms with E-state index in [1.165, 1.54) is 12.8 Å². The van der Waals surface area contributed by atoms with Crippen molar-refractivity contribution in [2.24, 2.45) is 0 Å². The molecule has 1 fully saturated rings. The Kier molecular flexibility index (Phi) is 6.61. The third-order valence-electron chi connectivity index (χ3n) is 2.10. The van der Waals surface area contributed by atoms with E-state index in [0.717, 1.165) is 19.8 Å². The molecule has 3 nitrogen and oxygen atoms in total. The quantitative estimate of drug-likeness (QED) is 0.617. The number of unbranched alkanes of at least 4 members (excludes halogenated alkanes) is 1. The second-order valence-corrected chi connectivity index (χ2v) is 3.72. The first kappa shape index (κ1) is 13.0. The van der Waals surface area contributed by atoms with Crippen LogP contribution in [0.25, 0.3) is 0 Å². The van der Waals surface area contributed by atoms with Gasteiger partial charge < -0.3 is 14.6 Å². The highest BCUT2D eigenvalue weighted by molar-refractivity contribution is 5.18. The maximum atomic E-state index is 8.63. The van der Waals surface area contributed by atoms with E-state index in [2.05, 4.69) is 6.92 Å². The molecule has 1 heterocycles. The Hall–Kier alpha value is -1.06. The molecule has 1 aromatic carbocycles. The van der Waals surface area contributed by atoms with E-state index < -0.39 is 0 Å². The summed E-state index contributed by atoms with van der Waals surface area (Å²) in [5, 5.41) is 8.63. The predicted octanol–water partition coefficient (Wildman–Crippen LogP) is 2.59. The van der Waals surface area contributed by atoms with Crippen molar-refractivity contribution >= 4 is 0 Å². The highest BCUT2D eigenvalue weighted by Gasteiger charge is 2.21. The van der Waals surface area contributed by atoms with Gasteiger partial charge in [0.25, 0.3) is 0 Å². The minimum absolute atomic E-state index is 0.322. The van der Waals surface area contributed by atoms with Gasteiger partial charge in [0, 0.05) is 6.61 Å². The number of ether oxygens (including phenoxy) is 2. The Morgan fingerprint density at radius 1 is 1.38 bits per heavy atom. The third-order valence-corrected chi connectivity index (χ3v) is 2.10. The largest absolute Gasteiger partial charge is 0.508 e. The Morgan fingerprint density at radius 3 is 2.50 bits per heavy atom. The van der Waals surface area contributed by atoms with Crippen molar-refractivity contribution in [3.8, 4) is 5.75 Å². The van der Waals surface area contributed by atoms with Crippen LogP contribution in [0, 0.1) is 0 Å². The molecule has 0 saturated carbocycles. The number of phenolic OH excluding ortho intramolecular Hbond substituents is 1. The van der Waals surface area contributed by atoms with Crippen LogP contribution in [0.4, 0.5) is 0 Å². The second kappa shape index (κ2) is 8.13. The first-order valence-corrected chi connectivity index (χ1v) is 5.76. The van der Waals surface area contributed by atoms with E-state index >= 15 is 0 Å². The highest BCUT2D eigenvalue weighted by atomic mass is 16.6. The van der Waals surface area contributed by atoms with Crippen molar-refractivity contribution in [2.75, 3.05) is 19.8 Å². The summed E-state index contributed by atoms with van der Waals surface area (Å²) >= 11 is 0. The average Bonchev–Trinajstić information content (AvgIpc) is 3.10. The minimum atomic E-state index is 0.322. The summed E-state index contributed by atoms with van der Waals surface area (Å²) in [5.74, 6) is 0.322. The molecule has 1 N–H and O–H groups in total. The lowest BCUT2D eigenvalue weighted by Crippen LogP contribution is -2.01. The fraction of sp³-hybridized carbons (Fsp3) is 0.538. The average molecular weight is 224 g/mol. The van der Waals surface area contributed by atoms with Gasteiger partial charge in [-0.15, -0.1) is 0 Å². The van der Waals surface area contributed by atoms with Crippen molar-refractivity contribution in [3.05, 3.63) is 30.3 Å². The molecule has 2 rings (SSSR count). The number of epoxide rings is 1. The van der Waals surface area contributed by atoms with Gasteiger partial charge in [-0.05, 0) is 18.6 Å². The summed E-state index contributed by atoms with van der Waals surface area (Å²) < 4.78 is 10.2. The van der Waals surface area contributed by atoms with Crippen molar-refractivity contribution in [3.63, 3.8) is 0 Å². The van der Waals surface area contributed by atoms with E-state index in [1.54, 1.807) is 24.3 Å². The molecule has 16 heavy (non-hydrogen) atoms. The van der Waals surface area contributed by atoms with Crippen molar-refractivity contribution in [1.29, 1.82) is 0 Å². The van der Waals surface area contributed by atoms with Crippen LogP contribution < -0.4 is 0 Å². The van der Waals surface area contributed by atoms with E-state index in [-0.39, 0.29) is 0 Å². The van der Waals surface area contributed by atoms with Gasteiger partial charge in [-0.1, -0.05) is 31.5 Å². The van der Waals surface area contributed by atoms with Gasteiger partial charge in [0.05, 0.1) is 13.2 Å². The number of hydrogen-bond acceptors (Lipinski definition) is 3. The van der Waals surface area contributed by atoms with Crippen LogP contribution in [0.15, 0.2) is 30.3 Å². The lowest BCUT2D eigenvalue weighted by molar-refractivity contribution is 0.114. The first-order chi connectivity index (χ1) is 7.83. The molecule has 0 spiro atoms. The van der Waals surface area contributed by atoms with Crippen LogP contribution in [0.1, 0.15) is 19.8 Å². The fourth-order valence-electron chi connectivity index (χ4n) is 1.05. The number of phenols is 1. The summed E-state index contributed by atoms with van der Waals surface area (Å²) in [6.07, 6.45) is 2.82. The summed E-state index contributed by atoms with van der Waals surface area (Å²) in [6.45, 7) is 4.78. The molecule has 1 aliphatic heterocycles. The Morgan fingerprint density at radius 2 is 2.06 bits per heavy atom. The summed E-state index contributed by atoms with van der Waals surface area (Å²) in [6, 6.07) is 8.71. The van der Waals surface area contributed by atoms with Crippen LogP contribution >= 0.6 is 0 Å². The van der Waals surface area contributed by atoms with Crippen LogP contribution in [0.2, 0.25) is 0 Å². The Labute approximate surface area is 97.0 Å². The first-order valence-electron chi connectivity index (χ1n) is 5.76. The van der Waals surface area contributed by atoms with E-state index in [0.29, 0.717) is 11.9 Å². The smallest absolute Gasteiger partial charge is 0.115 e. The highest BCUT2D eigenvalue weighted by Crippen LogP contribution is 2.08. The van der Waals surface area contributed by atoms with Crippen LogP contribution in [-0.4, -0.2) is 31.0 Å². The number of aromatic hydroxyl groups is 1. The van der Waals surface area contributed by atoms with Crippen LogP contribution in [-0.2, 0) is 9.47 Å². The SMILES string of the molecule is CCCCOCC1CO1.Oc1ccccc1. The molecular formula is C13H20O3. The standard InChI is InChI=1S/C7H14O2.C6H6O/c1-2-3-4-8-5-7-6-9-7;7-6-4-2-1-3-5-6/h7H,2-6H2,1H3;1-5,7H. The number of hydrogen-bond donors (Lipinski definition) is 1. The number of rotatable bonds is 5. The molecule has 1 unspecified atom stereocenters. The maximum absolute atomic E-state index is 8.63. The zero-order valence-corrected chi connectivity index (χ0v) is 9.76. The number of para-hydroxylation sites is 1. The lowest BCUT2D eigenvalue weighted by Gasteiger charge is -1.97. The molecule has 0 radical (unpaired) electrons. The monoisotopic (exact) mass is 224 g/mol. The predicted molar refractivity (Wildman–Crippen MR) is 63.6 cm³/mol.